The van der Waals surface area contributed by atoms with Crippen LogP contribution in [-0.2, 0) is 0 Å². The number of rotatable bonds is 4. The summed E-state index contributed by atoms with van der Waals surface area (Å²) in [5, 5.41) is 0. The van der Waals surface area contributed by atoms with Gasteiger partial charge in [0.25, 0.3) is 5.91 Å². The van der Waals surface area contributed by atoms with Crippen molar-refractivity contribution in [2.75, 3.05) is 14.2 Å². The Bertz CT molecular complexity index is 625. The SMILES string of the molecule is COc1ccc(C(C)N(C)C(=O)c2ccccc2Br)cc1. The summed E-state index contributed by atoms with van der Waals surface area (Å²) in [6, 6.07) is 15.2. The smallest absolute Gasteiger partial charge is 0.255 e. The third kappa shape index (κ3) is 3.45. The highest BCUT2D eigenvalue weighted by Crippen LogP contribution is 2.25. The van der Waals surface area contributed by atoms with E-state index in [0.29, 0.717) is 5.56 Å². The van der Waals surface area contributed by atoms with E-state index >= 15 is 0 Å². The predicted octanol–water partition coefficient (Wildman–Crippen LogP) is 4.29. The molecule has 110 valence electrons. The molecule has 1 unspecified atom stereocenters. The number of halogens is 1. The van der Waals surface area contributed by atoms with E-state index in [4.69, 9.17) is 4.74 Å². The Kier molecular flexibility index (Phi) is 5.02. The summed E-state index contributed by atoms with van der Waals surface area (Å²) >= 11 is 3.43. The highest BCUT2D eigenvalue weighted by Gasteiger charge is 2.20. The maximum Gasteiger partial charge on any atom is 0.255 e. The fraction of sp³-hybridized carbons (Fsp3) is 0.235. The Morgan fingerprint density at radius 1 is 1.14 bits per heavy atom. The molecule has 0 aliphatic carbocycles. The zero-order chi connectivity index (χ0) is 15.4. The second-order valence-corrected chi connectivity index (χ2v) is 5.70. The van der Waals surface area contributed by atoms with Crippen molar-refractivity contribution < 1.29 is 9.53 Å². The maximum atomic E-state index is 12.6. The zero-order valence-corrected chi connectivity index (χ0v) is 13.9. The first-order chi connectivity index (χ1) is 10.0. The number of carbonyl (C=O) groups is 1. The average Bonchev–Trinajstić information content (AvgIpc) is 2.53. The van der Waals surface area contributed by atoms with E-state index in [1.807, 2.05) is 62.5 Å². The monoisotopic (exact) mass is 347 g/mol. The van der Waals surface area contributed by atoms with Gasteiger partial charge >= 0.3 is 0 Å². The molecule has 2 aromatic carbocycles. The molecule has 3 nitrogen and oxygen atoms in total. The molecule has 0 aliphatic heterocycles. The van der Waals surface area contributed by atoms with Crippen LogP contribution in [0.2, 0.25) is 0 Å². The van der Waals surface area contributed by atoms with Crippen molar-refractivity contribution in [3.63, 3.8) is 0 Å². The molecule has 2 rings (SSSR count). The van der Waals surface area contributed by atoms with E-state index in [1.165, 1.54) is 0 Å². The third-order valence-corrected chi connectivity index (χ3v) is 4.30. The van der Waals surface area contributed by atoms with Crippen LogP contribution in [-0.4, -0.2) is 25.0 Å². The Morgan fingerprint density at radius 2 is 1.76 bits per heavy atom. The zero-order valence-electron chi connectivity index (χ0n) is 12.3. The molecule has 0 aliphatic rings. The largest absolute Gasteiger partial charge is 0.497 e. The summed E-state index contributed by atoms with van der Waals surface area (Å²) in [7, 11) is 3.46. The van der Waals surface area contributed by atoms with Crippen molar-refractivity contribution in [1.82, 2.24) is 4.90 Å². The van der Waals surface area contributed by atoms with Crippen LogP contribution in [0, 0.1) is 0 Å². The van der Waals surface area contributed by atoms with E-state index in [9.17, 15) is 4.79 Å². The highest BCUT2D eigenvalue weighted by atomic mass is 79.9. The van der Waals surface area contributed by atoms with Gasteiger partial charge in [-0.25, -0.2) is 0 Å². The number of ether oxygens (including phenoxy) is 1. The molecule has 0 aromatic heterocycles. The number of methoxy groups -OCH3 is 1. The molecule has 0 saturated carbocycles. The van der Waals surface area contributed by atoms with E-state index < -0.39 is 0 Å². The molecule has 0 spiro atoms. The van der Waals surface area contributed by atoms with Gasteiger partial charge in [-0.3, -0.25) is 4.79 Å². The Balaban J connectivity index is 2.20. The molecule has 0 bridgehead atoms. The van der Waals surface area contributed by atoms with Gasteiger partial charge in [0.05, 0.1) is 18.7 Å². The third-order valence-electron chi connectivity index (χ3n) is 3.60. The summed E-state index contributed by atoms with van der Waals surface area (Å²) in [6.07, 6.45) is 0. The molecular formula is C17H18BrNO2. The normalized spacial score (nSPS) is 11.8. The van der Waals surface area contributed by atoms with Crippen LogP contribution in [0.15, 0.2) is 53.0 Å². The Hall–Kier alpha value is -1.81. The molecule has 0 heterocycles. The minimum atomic E-state index is -0.0180. The van der Waals surface area contributed by atoms with Crippen molar-refractivity contribution in [1.29, 1.82) is 0 Å². The van der Waals surface area contributed by atoms with Gasteiger partial charge in [-0.15, -0.1) is 0 Å². The van der Waals surface area contributed by atoms with Crippen LogP contribution < -0.4 is 4.74 Å². The molecule has 2 aromatic rings. The molecule has 0 fully saturated rings. The quantitative estimate of drug-likeness (QED) is 0.825. The number of amides is 1. The van der Waals surface area contributed by atoms with Crippen LogP contribution in [0.25, 0.3) is 0 Å². The first kappa shape index (κ1) is 15.6. The molecule has 4 heteroatoms. The molecule has 0 N–H and O–H groups in total. The Labute approximate surface area is 133 Å². The van der Waals surface area contributed by atoms with Gasteiger partial charge in [-0.05, 0) is 52.7 Å². The van der Waals surface area contributed by atoms with Gasteiger partial charge in [0.2, 0.25) is 0 Å². The van der Waals surface area contributed by atoms with Gasteiger partial charge in [0.1, 0.15) is 5.75 Å². The Morgan fingerprint density at radius 3 is 2.33 bits per heavy atom. The van der Waals surface area contributed by atoms with E-state index in [0.717, 1.165) is 15.8 Å². The van der Waals surface area contributed by atoms with Crippen LogP contribution >= 0.6 is 15.9 Å². The van der Waals surface area contributed by atoms with Gasteiger partial charge < -0.3 is 9.64 Å². The summed E-state index contributed by atoms with van der Waals surface area (Å²) in [5.41, 5.74) is 1.74. The van der Waals surface area contributed by atoms with Gasteiger partial charge in [-0.2, -0.15) is 0 Å². The van der Waals surface area contributed by atoms with Crippen molar-refractivity contribution in [3.8, 4) is 5.75 Å². The van der Waals surface area contributed by atoms with E-state index in [-0.39, 0.29) is 11.9 Å². The maximum absolute atomic E-state index is 12.6. The number of nitrogens with zero attached hydrogens (tertiary/aromatic N) is 1. The molecule has 21 heavy (non-hydrogen) atoms. The van der Waals surface area contributed by atoms with Gasteiger partial charge in [0.15, 0.2) is 0 Å². The van der Waals surface area contributed by atoms with Crippen LogP contribution in [0.4, 0.5) is 0 Å². The number of hydrogen-bond acceptors (Lipinski definition) is 2. The number of benzene rings is 2. The molecule has 0 radical (unpaired) electrons. The summed E-state index contributed by atoms with van der Waals surface area (Å²) < 4.78 is 5.96. The lowest BCUT2D eigenvalue weighted by Gasteiger charge is -2.26. The first-order valence-electron chi connectivity index (χ1n) is 6.70. The molecular weight excluding hydrogens is 330 g/mol. The predicted molar refractivity (Wildman–Crippen MR) is 87.6 cm³/mol. The first-order valence-corrected chi connectivity index (χ1v) is 7.49. The van der Waals surface area contributed by atoms with Crippen LogP contribution in [0.5, 0.6) is 5.75 Å². The van der Waals surface area contributed by atoms with Crippen molar-refractivity contribution in [2.45, 2.75) is 13.0 Å². The average molecular weight is 348 g/mol. The van der Waals surface area contributed by atoms with E-state index in [2.05, 4.69) is 15.9 Å². The fourth-order valence-electron chi connectivity index (χ4n) is 2.11. The topological polar surface area (TPSA) is 29.5 Å². The van der Waals surface area contributed by atoms with Gasteiger partial charge in [-0.1, -0.05) is 24.3 Å². The molecule has 1 atom stereocenters. The second-order valence-electron chi connectivity index (χ2n) is 4.85. The lowest BCUT2D eigenvalue weighted by atomic mass is 10.1. The lowest BCUT2D eigenvalue weighted by molar-refractivity contribution is 0.0741. The number of hydrogen-bond donors (Lipinski definition) is 0. The minimum Gasteiger partial charge on any atom is -0.497 e. The summed E-state index contributed by atoms with van der Waals surface area (Å²) in [4.78, 5) is 14.3. The van der Waals surface area contributed by atoms with Crippen molar-refractivity contribution in [2.24, 2.45) is 0 Å². The second kappa shape index (κ2) is 6.76. The lowest BCUT2D eigenvalue weighted by Crippen LogP contribution is -2.29. The van der Waals surface area contributed by atoms with Crippen molar-refractivity contribution >= 4 is 21.8 Å². The summed E-state index contributed by atoms with van der Waals surface area (Å²) in [5.74, 6) is 0.802. The standard InChI is InChI=1S/C17H18BrNO2/c1-12(13-8-10-14(21-3)11-9-13)19(2)17(20)15-6-4-5-7-16(15)18/h4-12H,1-3H3. The van der Waals surface area contributed by atoms with E-state index in [1.54, 1.807) is 12.0 Å². The molecule has 1 amide bonds. The summed E-state index contributed by atoms with van der Waals surface area (Å²) in [6.45, 7) is 2.01. The molecule has 0 saturated heterocycles. The highest BCUT2D eigenvalue weighted by molar-refractivity contribution is 9.10. The number of carbonyl (C=O) groups excluding carboxylic acids is 1. The fourth-order valence-corrected chi connectivity index (χ4v) is 2.56. The minimum absolute atomic E-state index is 0.00852. The van der Waals surface area contributed by atoms with Gasteiger partial charge in [0, 0.05) is 11.5 Å². The van der Waals surface area contributed by atoms with Crippen LogP contribution in [0.1, 0.15) is 28.9 Å². The van der Waals surface area contributed by atoms with Crippen LogP contribution in [0.3, 0.4) is 0 Å². The van der Waals surface area contributed by atoms with Crippen molar-refractivity contribution in [3.05, 3.63) is 64.1 Å².